The average Bonchev–Trinajstić information content (AvgIpc) is 2.21. The van der Waals surface area contributed by atoms with Crippen LogP contribution in [-0.4, -0.2) is 35.1 Å². The summed E-state index contributed by atoms with van der Waals surface area (Å²) in [5.41, 5.74) is 1.13. The second-order valence-corrected chi connectivity index (χ2v) is 5.59. The Morgan fingerprint density at radius 1 is 1.22 bits per heavy atom. The first-order chi connectivity index (χ1) is 8.40. The number of aromatic nitrogens is 1. The van der Waals surface area contributed by atoms with Gasteiger partial charge < -0.3 is 5.32 Å². The van der Waals surface area contributed by atoms with E-state index in [2.05, 4.69) is 42.9 Å². The van der Waals surface area contributed by atoms with Crippen LogP contribution < -0.4 is 5.32 Å². The van der Waals surface area contributed by atoms with Gasteiger partial charge in [0.15, 0.2) is 0 Å². The van der Waals surface area contributed by atoms with Crippen LogP contribution in [0, 0.1) is 6.92 Å². The molecule has 0 aromatic carbocycles. The summed E-state index contributed by atoms with van der Waals surface area (Å²) in [5.74, 6) is 0.854. The lowest BCUT2D eigenvalue weighted by Crippen LogP contribution is -2.40. The molecule has 0 bridgehead atoms. The molecule has 0 saturated carbocycles. The smallest absolute Gasteiger partial charge is 0.131 e. The van der Waals surface area contributed by atoms with Gasteiger partial charge >= 0.3 is 0 Å². The summed E-state index contributed by atoms with van der Waals surface area (Å²) in [6.45, 7) is 12.8. The Morgan fingerprint density at radius 3 is 2.33 bits per heavy atom. The van der Waals surface area contributed by atoms with E-state index in [1.165, 1.54) is 0 Å². The highest BCUT2D eigenvalue weighted by molar-refractivity contribution is 6.29. The molecule has 0 aliphatic heterocycles. The molecule has 1 N–H and O–H groups in total. The maximum absolute atomic E-state index is 5.93. The van der Waals surface area contributed by atoms with E-state index in [0.29, 0.717) is 17.2 Å². The summed E-state index contributed by atoms with van der Waals surface area (Å²) in [6, 6.07) is 4.99. The van der Waals surface area contributed by atoms with E-state index in [-0.39, 0.29) is 0 Å². The minimum absolute atomic E-state index is 0.544. The van der Waals surface area contributed by atoms with Crippen molar-refractivity contribution in [2.75, 3.05) is 18.4 Å². The molecule has 3 nitrogen and oxygen atoms in total. The molecule has 1 aromatic heterocycles. The molecular formula is C14H24ClN3. The normalized spacial score (nSPS) is 11.6. The lowest BCUT2D eigenvalue weighted by Gasteiger charge is -2.30. The highest BCUT2D eigenvalue weighted by atomic mass is 35.5. The van der Waals surface area contributed by atoms with Gasteiger partial charge in [0.05, 0.1) is 0 Å². The van der Waals surface area contributed by atoms with Crippen molar-refractivity contribution in [2.24, 2.45) is 0 Å². The SMILES string of the molecule is Cc1cc(Cl)nc(NCCN(C(C)C)C(C)C)c1. The molecule has 0 saturated heterocycles. The van der Waals surface area contributed by atoms with Gasteiger partial charge in [-0.1, -0.05) is 11.6 Å². The van der Waals surface area contributed by atoms with Crippen molar-refractivity contribution < 1.29 is 0 Å². The van der Waals surface area contributed by atoms with Gasteiger partial charge in [-0.3, -0.25) is 4.90 Å². The fourth-order valence-electron chi connectivity index (χ4n) is 2.14. The fraction of sp³-hybridized carbons (Fsp3) is 0.643. The molecule has 1 rings (SSSR count). The van der Waals surface area contributed by atoms with Crippen LogP contribution in [0.15, 0.2) is 12.1 Å². The van der Waals surface area contributed by atoms with Gasteiger partial charge in [0.2, 0.25) is 0 Å². The van der Waals surface area contributed by atoms with E-state index in [0.717, 1.165) is 24.5 Å². The third-order valence-corrected chi connectivity index (χ3v) is 3.13. The zero-order chi connectivity index (χ0) is 13.7. The highest BCUT2D eigenvalue weighted by Crippen LogP contribution is 2.13. The molecule has 18 heavy (non-hydrogen) atoms. The van der Waals surface area contributed by atoms with Crippen molar-refractivity contribution in [2.45, 2.75) is 46.7 Å². The summed E-state index contributed by atoms with van der Waals surface area (Å²) in [6.07, 6.45) is 0. The molecule has 0 aliphatic carbocycles. The molecule has 0 radical (unpaired) electrons. The summed E-state index contributed by atoms with van der Waals surface area (Å²) < 4.78 is 0. The lowest BCUT2D eigenvalue weighted by molar-refractivity contribution is 0.182. The Balaban J connectivity index is 2.50. The first kappa shape index (κ1) is 15.3. The standard InChI is InChI=1S/C14H24ClN3/c1-10(2)18(11(3)4)7-6-16-14-9-12(5)8-13(15)17-14/h8-11H,6-7H2,1-5H3,(H,16,17). The number of anilines is 1. The summed E-state index contributed by atoms with van der Waals surface area (Å²) in [7, 11) is 0. The Kier molecular flexibility index (Phi) is 5.89. The number of aryl methyl sites for hydroxylation is 1. The Labute approximate surface area is 116 Å². The van der Waals surface area contributed by atoms with Gasteiger partial charge in [0.1, 0.15) is 11.0 Å². The van der Waals surface area contributed by atoms with Crippen LogP contribution in [-0.2, 0) is 0 Å². The van der Waals surface area contributed by atoms with Crippen molar-refractivity contribution in [3.05, 3.63) is 22.8 Å². The van der Waals surface area contributed by atoms with Crippen LogP contribution in [0.2, 0.25) is 5.15 Å². The molecule has 0 aliphatic rings. The van der Waals surface area contributed by atoms with Crippen molar-refractivity contribution in [1.29, 1.82) is 0 Å². The van der Waals surface area contributed by atoms with Crippen LogP contribution in [0.3, 0.4) is 0 Å². The van der Waals surface area contributed by atoms with E-state index < -0.39 is 0 Å². The van der Waals surface area contributed by atoms with Gasteiger partial charge in [-0.05, 0) is 52.3 Å². The minimum Gasteiger partial charge on any atom is -0.369 e. The van der Waals surface area contributed by atoms with E-state index in [1.807, 2.05) is 19.1 Å². The second-order valence-electron chi connectivity index (χ2n) is 5.20. The third-order valence-electron chi connectivity index (χ3n) is 2.94. The van der Waals surface area contributed by atoms with Crippen LogP contribution >= 0.6 is 11.6 Å². The van der Waals surface area contributed by atoms with Crippen LogP contribution in [0.5, 0.6) is 0 Å². The van der Waals surface area contributed by atoms with Gasteiger partial charge in [0.25, 0.3) is 0 Å². The predicted molar refractivity (Wildman–Crippen MR) is 79.5 cm³/mol. The zero-order valence-corrected chi connectivity index (χ0v) is 12.8. The Bertz CT molecular complexity index is 349. The van der Waals surface area contributed by atoms with Crippen LogP contribution in [0.25, 0.3) is 0 Å². The Hall–Kier alpha value is -0.800. The second kappa shape index (κ2) is 6.95. The number of hydrogen-bond donors (Lipinski definition) is 1. The van der Waals surface area contributed by atoms with E-state index in [4.69, 9.17) is 11.6 Å². The van der Waals surface area contributed by atoms with E-state index in [1.54, 1.807) is 0 Å². The third kappa shape index (κ3) is 4.83. The number of nitrogens with one attached hydrogen (secondary N) is 1. The molecule has 0 amide bonds. The van der Waals surface area contributed by atoms with Gasteiger partial charge in [-0.2, -0.15) is 0 Å². The van der Waals surface area contributed by atoms with Crippen molar-refractivity contribution in [3.63, 3.8) is 0 Å². The first-order valence-corrected chi connectivity index (χ1v) is 6.91. The highest BCUT2D eigenvalue weighted by Gasteiger charge is 2.12. The molecular weight excluding hydrogens is 246 g/mol. The molecule has 0 fully saturated rings. The molecule has 1 aromatic rings. The molecule has 4 heteroatoms. The number of nitrogens with zero attached hydrogens (tertiary/aromatic N) is 2. The molecule has 0 unspecified atom stereocenters. The Morgan fingerprint density at radius 2 is 1.83 bits per heavy atom. The monoisotopic (exact) mass is 269 g/mol. The predicted octanol–water partition coefficient (Wildman–Crippen LogP) is 3.57. The number of rotatable bonds is 6. The number of halogens is 1. The van der Waals surface area contributed by atoms with Crippen molar-refractivity contribution >= 4 is 17.4 Å². The van der Waals surface area contributed by atoms with Crippen molar-refractivity contribution in [3.8, 4) is 0 Å². The number of hydrogen-bond acceptors (Lipinski definition) is 3. The largest absolute Gasteiger partial charge is 0.369 e. The average molecular weight is 270 g/mol. The van der Waals surface area contributed by atoms with Crippen LogP contribution in [0.4, 0.5) is 5.82 Å². The number of pyridine rings is 1. The summed E-state index contributed by atoms with van der Waals surface area (Å²) in [4.78, 5) is 6.71. The maximum atomic E-state index is 5.93. The van der Waals surface area contributed by atoms with Gasteiger partial charge in [-0.25, -0.2) is 4.98 Å². The van der Waals surface area contributed by atoms with Crippen molar-refractivity contribution in [1.82, 2.24) is 9.88 Å². The van der Waals surface area contributed by atoms with Gasteiger partial charge in [0, 0.05) is 25.2 Å². The minimum atomic E-state index is 0.544. The fourth-order valence-corrected chi connectivity index (χ4v) is 2.40. The molecule has 102 valence electrons. The lowest BCUT2D eigenvalue weighted by atomic mass is 10.2. The van der Waals surface area contributed by atoms with Gasteiger partial charge in [-0.15, -0.1) is 0 Å². The zero-order valence-electron chi connectivity index (χ0n) is 12.0. The topological polar surface area (TPSA) is 28.2 Å². The van der Waals surface area contributed by atoms with Crippen LogP contribution in [0.1, 0.15) is 33.3 Å². The van der Waals surface area contributed by atoms with E-state index in [9.17, 15) is 0 Å². The first-order valence-electron chi connectivity index (χ1n) is 6.54. The maximum Gasteiger partial charge on any atom is 0.131 e. The van der Waals surface area contributed by atoms with E-state index >= 15 is 0 Å². The summed E-state index contributed by atoms with van der Waals surface area (Å²) in [5, 5.41) is 3.87. The molecule has 1 heterocycles. The quantitative estimate of drug-likeness (QED) is 0.800. The molecule has 0 spiro atoms. The summed E-state index contributed by atoms with van der Waals surface area (Å²) >= 11 is 5.93. The molecule has 0 atom stereocenters.